The number of alkyl carbamates (subject to hydrolysis) is 1. The van der Waals surface area contributed by atoms with Gasteiger partial charge in [0.25, 0.3) is 5.92 Å². The second kappa shape index (κ2) is 8.17. The van der Waals surface area contributed by atoms with E-state index in [-0.39, 0.29) is 30.2 Å². The molecule has 2 N–H and O–H groups in total. The van der Waals surface area contributed by atoms with E-state index < -0.39 is 37.0 Å². The van der Waals surface area contributed by atoms with Crippen LogP contribution in [0.5, 0.6) is 0 Å². The first-order valence-electron chi connectivity index (χ1n) is 9.48. The molecule has 0 radical (unpaired) electrons. The van der Waals surface area contributed by atoms with E-state index in [4.69, 9.17) is 4.74 Å². The Morgan fingerprint density at radius 1 is 1.26 bits per heavy atom. The van der Waals surface area contributed by atoms with E-state index in [9.17, 15) is 23.5 Å². The van der Waals surface area contributed by atoms with Gasteiger partial charge in [-0.05, 0) is 11.6 Å². The summed E-state index contributed by atoms with van der Waals surface area (Å²) in [7, 11) is 0. The number of piperidine rings is 1. The highest BCUT2D eigenvalue weighted by Crippen LogP contribution is 2.30. The second-order valence-electron chi connectivity index (χ2n) is 7.26. The first kappa shape index (κ1) is 20.5. The van der Waals surface area contributed by atoms with Crippen LogP contribution >= 0.6 is 0 Å². The molecule has 1 aliphatic heterocycles. The number of alkyl halides is 2. The van der Waals surface area contributed by atoms with Gasteiger partial charge in [-0.1, -0.05) is 30.3 Å². The van der Waals surface area contributed by atoms with Gasteiger partial charge in [-0.2, -0.15) is 5.10 Å². The lowest BCUT2D eigenvalue weighted by Gasteiger charge is -2.38. The standard InChI is InChI=1S/C20H19F2N5O4/c21-20(22)8-14(24-19(30)31-11-13-4-2-1-3-5-13)10-26(12-20)16-6-7-27-17(25-16)15(9-23-27)18(28)29/h1-7,9,14H,8,10-12H2,(H,24,30)(H,28,29)/t14-/m1/s1. The summed E-state index contributed by atoms with van der Waals surface area (Å²) in [5.41, 5.74) is 0.691. The van der Waals surface area contributed by atoms with Crippen molar-refractivity contribution >= 4 is 23.5 Å². The number of hydrogen-bond donors (Lipinski definition) is 2. The molecule has 1 aliphatic rings. The van der Waals surface area contributed by atoms with Crippen LogP contribution in [-0.4, -0.2) is 56.8 Å². The molecule has 0 bridgehead atoms. The van der Waals surface area contributed by atoms with E-state index in [2.05, 4.69) is 15.4 Å². The average Bonchev–Trinajstić information content (AvgIpc) is 3.15. The number of benzene rings is 1. The molecule has 0 saturated carbocycles. The zero-order chi connectivity index (χ0) is 22.0. The van der Waals surface area contributed by atoms with Gasteiger partial charge in [-0.15, -0.1) is 0 Å². The fraction of sp³-hybridized carbons (Fsp3) is 0.300. The van der Waals surface area contributed by atoms with Crippen LogP contribution in [0.4, 0.5) is 19.4 Å². The Bertz CT molecular complexity index is 1110. The fourth-order valence-corrected chi connectivity index (χ4v) is 3.49. The van der Waals surface area contributed by atoms with Gasteiger partial charge in [0.05, 0.1) is 18.8 Å². The average molecular weight is 431 g/mol. The number of carboxylic acids is 1. The van der Waals surface area contributed by atoms with Crippen molar-refractivity contribution in [1.82, 2.24) is 19.9 Å². The maximum atomic E-state index is 14.4. The molecule has 0 aliphatic carbocycles. The zero-order valence-electron chi connectivity index (χ0n) is 16.2. The maximum Gasteiger partial charge on any atom is 0.407 e. The monoisotopic (exact) mass is 431 g/mol. The molecule has 1 fully saturated rings. The maximum absolute atomic E-state index is 14.4. The molecular formula is C20H19F2N5O4. The first-order chi connectivity index (χ1) is 14.8. The minimum atomic E-state index is -3.08. The van der Waals surface area contributed by atoms with E-state index in [0.29, 0.717) is 0 Å². The normalized spacial score (nSPS) is 18.0. The smallest absolute Gasteiger partial charge is 0.407 e. The third-order valence-corrected chi connectivity index (χ3v) is 4.85. The van der Waals surface area contributed by atoms with Crippen LogP contribution in [-0.2, 0) is 11.3 Å². The molecule has 1 saturated heterocycles. The third-order valence-electron chi connectivity index (χ3n) is 4.85. The number of rotatable bonds is 5. The number of nitrogens with zero attached hydrogens (tertiary/aromatic N) is 4. The Labute approximate surface area is 175 Å². The van der Waals surface area contributed by atoms with Crippen LogP contribution in [0.1, 0.15) is 22.3 Å². The minimum Gasteiger partial charge on any atom is -0.477 e. The number of carbonyl (C=O) groups is 2. The highest BCUT2D eigenvalue weighted by Gasteiger charge is 2.41. The molecule has 2 aromatic heterocycles. The lowest BCUT2D eigenvalue weighted by molar-refractivity contribution is -0.0215. The van der Waals surface area contributed by atoms with Gasteiger partial charge in [0.15, 0.2) is 5.65 Å². The first-order valence-corrected chi connectivity index (χ1v) is 9.48. The molecule has 0 unspecified atom stereocenters. The number of hydrogen-bond acceptors (Lipinski definition) is 6. The number of halogens is 2. The summed E-state index contributed by atoms with van der Waals surface area (Å²) in [5.74, 6) is -4.14. The van der Waals surface area contributed by atoms with Gasteiger partial charge in [-0.3, -0.25) is 0 Å². The van der Waals surface area contributed by atoms with Gasteiger partial charge >= 0.3 is 12.1 Å². The predicted octanol–water partition coefficient (Wildman–Crippen LogP) is 2.57. The highest BCUT2D eigenvalue weighted by molar-refractivity contribution is 5.94. The van der Waals surface area contributed by atoms with Crippen LogP contribution in [0.2, 0.25) is 0 Å². The lowest BCUT2D eigenvalue weighted by atomic mass is 10.0. The van der Waals surface area contributed by atoms with Gasteiger partial charge in [0.2, 0.25) is 0 Å². The van der Waals surface area contributed by atoms with Gasteiger partial charge < -0.3 is 20.1 Å². The van der Waals surface area contributed by atoms with Crippen molar-refractivity contribution in [3.05, 3.63) is 59.9 Å². The molecule has 162 valence electrons. The molecular weight excluding hydrogens is 412 g/mol. The summed E-state index contributed by atoms with van der Waals surface area (Å²) in [4.78, 5) is 28.9. The van der Waals surface area contributed by atoms with Gasteiger partial charge in [-0.25, -0.2) is 27.9 Å². The molecule has 4 rings (SSSR count). The Balaban J connectivity index is 1.47. The van der Waals surface area contributed by atoms with E-state index in [1.165, 1.54) is 21.7 Å². The summed E-state index contributed by atoms with van der Waals surface area (Å²) < 4.78 is 35.1. The Hall–Kier alpha value is -3.76. The van der Waals surface area contributed by atoms with Gasteiger partial charge in [0, 0.05) is 19.2 Å². The molecule has 0 spiro atoms. The Kier molecular flexibility index (Phi) is 5.40. The van der Waals surface area contributed by atoms with E-state index in [1.54, 1.807) is 24.3 Å². The van der Waals surface area contributed by atoms with Crippen molar-refractivity contribution in [1.29, 1.82) is 0 Å². The van der Waals surface area contributed by atoms with Crippen molar-refractivity contribution in [2.45, 2.75) is 25.0 Å². The summed E-state index contributed by atoms with van der Waals surface area (Å²) in [5, 5.41) is 15.6. The van der Waals surface area contributed by atoms with Crippen LogP contribution in [0, 0.1) is 0 Å². The summed E-state index contributed by atoms with van der Waals surface area (Å²) in [6.45, 7) is -0.517. The topological polar surface area (TPSA) is 109 Å². The fourth-order valence-electron chi connectivity index (χ4n) is 3.49. The SMILES string of the molecule is O=C(N[C@H]1CN(c2ccn3ncc(C(=O)O)c3n2)CC(F)(F)C1)OCc1ccccc1. The number of nitrogens with one attached hydrogen (secondary N) is 1. The minimum absolute atomic E-state index is 0.0247. The quantitative estimate of drug-likeness (QED) is 0.639. The van der Waals surface area contributed by atoms with Crippen molar-refractivity contribution in [2.75, 3.05) is 18.0 Å². The number of ether oxygens (including phenoxy) is 1. The molecule has 1 amide bonds. The zero-order valence-corrected chi connectivity index (χ0v) is 16.2. The van der Waals surface area contributed by atoms with Crippen molar-refractivity contribution in [3.8, 4) is 0 Å². The number of carboxylic acid groups (broad SMARTS) is 1. The van der Waals surface area contributed by atoms with Crippen LogP contribution < -0.4 is 10.2 Å². The number of aromatic nitrogens is 3. The molecule has 3 aromatic rings. The van der Waals surface area contributed by atoms with E-state index >= 15 is 0 Å². The second-order valence-corrected chi connectivity index (χ2v) is 7.26. The third kappa shape index (κ3) is 4.71. The Morgan fingerprint density at radius 3 is 2.77 bits per heavy atom. The van der Waals surface area contributed by atoms with Crippen LogP contribution in [0.3, 0.4) is 0 Å². The molecule has 1 atom stereocenters. The molecule has 1 aromatic carbocycles. The largest absolute Gasteiger partial charge is 0.477 e. The van der Waals surface area contributed by atoms with Crippen molar-refractivity contribution in [3.63, 3.8) is 0 Å². The molecule has 11 heteroatoms. The summed E-state index contributed by atoms with van der Waals surface area (Å²) in [6, 6.07) is 9.59. The predicted molar refractivity (Wildman–Crippen MR) is 105 cm³/mol. The summed E-state index contributed by atoms with van der Waals surface area (Å²) in [6.07, 6.45) is 1.26. The molecule has 31 heavy (non-hydrogen) atoms. The van der Waals surface area contributed by atoms with Crippen molar-refractivity contribution < 1.29 is 28.2 Å². The van der Waals surface area contributed by atoms with Crippen LogP contribution in [0.25, 0.3) is 5.65 Å². The number of fused-ring (bicyclic) bond motifs is 1. The highest BCUT2D eigenvalue weighted by atomic mass is 19.3. The number of anilines is 1. The number of carbonyl (C=O) groups excluding carboxylic acids is 1. The molecule has 9 nitrogen and oxygen atoms in total. The number of amides is 1. The summed E-state index contributed by atoms with van der Waals surface area (Å²) >= 11 is 0. The van der Waals surface area contributed by atoms with Crippen molar-refractivity contribution in [2.24, 2.45) is 0 Å². The van der Waals surface area contributed by atoms with Crippen LogP contribution in [0.15, 0.2) is 48.8 Å². The number of aromatic carboxylic acids is 1. The van der Waals surface area contributed by atoms with E-state index in [1.807, 2.05) is 6.07 Å². The lowest BCUT2D eigenvalue weighted by Crippen LogP contribution is -2.55. The van der Waals surface area contributed by atoms with Gasteiger partial charge in [0.1, 0.15) is 18.0 Å². The Morgan fingerprint density at radius 2 is 2.03 bits per heavy atom. The van der Waals surface area contributed by atoms with E-state index in [0.717, 1.165) is 11.8 Å². The molecule has 3 heterocycles.